The van der Waals surface area contributed by atoms with Gasteiger partial charge in [-0.05, 0) is 78.8 Å². The van der Waals surface area contributed by atoms with Gasteiger partial charge in [-0.15, -0.1) is 5.54 Å². The molecule has 1 heterocycles. The van der Waals surface area contributed by atoms with Crippen LogP contribution in [0.5, 0.6) is 0 Å². The van der Waals surface area contributed by atoms with E-state index in [4.69, 9.17) is 25.9 Å². The summed E-state index contributed by atoms with van der Waals surface area (Å²) in [5.41, 5.74) is 9.95. The van der Waals surface area contributed by atoms with Gasteiger partial charge in [0.2, 0.25) is 0 Å². The van der Waals surface area contributed by atoms with E-state index in [1.165, 1.54) is 0 Å². The Balaban J connectivity index is 1.81. The van der Waals surface area contributed by atoms with Gasteiger partial charge in [0.25, 0.3) is 0 Å². The van der Waals surface area contributed by atoms with Crippen molar-refractivity contribution in [2.24, 2.45) is 4.99 Å². The summed E-state index contributed by atoms with van der Waals surface area (Å²) in [4.78, 5) is 5.30. The zero-order chi connectivity index (χ0) is 33.4. The molecule has 46 heavy (non-hydrogen) atoms. The molecule has 1 fully saturated rings. The molecule has 3 nitrogen and oxygen atoms in total. The number of nitrogens with zero attached hydrogens (tertiary/aromatic N) is 1. The van der Waals surface area contributed by atoms with Crippen molar-refractivity contribution in [3.63, 3.8) is 0 Å². The van der Waals surface area contributed by atoms with Crippen LogP contribution in [0.4, 0.5) is 5.69 Å². The van der Waals surface area contributed by atoms with Gasteiger partial charge in [0.1, 0.15) is 8.07 Å². The van der Waals surface area contributed by atoms with Crippen LogP contribution in [0.1, 0.15) is 85.9 Å². The smallest absolute Gasteiger partial charge is 0.399 e. The van der Waals surface area contributed by atoms with Gasteiger partial charge in [0.05, 0.1) is 33.2 Å². The maximum Gasteiger partial charge on any atom is 0.495 e. The minimum absolute atomic E-state index is 0.506. The lowest BCUT2D eigenvalue weighted by atomic mass is 9.74. The summed E-state index contributed by atoms with van der Waals surface area (Å²) < 4.78 is 13.4. The molecular formula is C40H47BClNO2Si. The third kappa shape index (κ3) is 6.38. The van der Waals surface area contributed by atoms with Crippen LogP contribution >= 0.6 is 11.6 Å². The Labute approximate surface area is 282 Å². The van der Waals surface area contributed by atoms with E-state index in [-0.39, 0.29) is 0 Å². The van der Waals surface area contributed by atoms with E-state index in [0.717, 1.165) is 44.3 Å². The third-order valence-electron chi connectivity index (χ3n) is 10.2. The third-order valence-corrected chi connectivity index (χ3v) is 16.8. The van der Waals surface area contributed by atoms with Gasteiger partial charge < -0.3 is 9.31 Å². The van der Waals surface area contributed by atoms with E-state index >= 15 is 0 Å². The van der Waals surface area contributed by atoms with Crippen molar-refractivity contribution in [1.29, 1.82) is 0 Å². The zero-order valence-electron chi connectivity index (χ0n) is 29.0. The Hall–Kier alpha value is -3.14. The maximum absolute atomic E-state index is 7.05. The Morgan fingerprint density at radius 1 is 0.739 bits per heavy atom. The van der Waals surface area contributed by atoms with Crippen LogP contribution in [0.3, 0.4) is 0 Å². The predicted molar refractivity (Wildman–Crippen MR) is 201 cm³/mol. The van der Waals surface area contributed by atoms with Crippen LogP contribution in [0.25, 0.3) is 10.8 Å². The van der Waals surface area contributed by atoms with Crippen LogP contribution in [0.2, 0.25) is 21.6 Å². The fourth-order valence-corrected chi connectivity index (χ4v) is 12.4. The quantitative estimate of drug-likeness (QED) is 0.114. The molecule has 0 aromatic heterocycles. The largest absolute Gasteiger partial charge is 0.495 e. The number of rotatable bonds is 7. The van der Waals surface area contributed by atoms with Gasteiger partial charge >= 0.3 is 7.12 Å². The Kier molecular flexibility index (Phi) is 9.79. The molecule has 1 aliphatic rings. The first-order chi connectivity index (χ1) is 21.7. The maximum atomic E-state index is 7.05. The molecule has 0 bridgehead atoms. The predicted octanol–water partition coefficient (Wildman–Crippen LogP) is 10.5. The molecule has 4 aromatic carbocycles. The Morgan fingerprint density at radius 2 is 1.24 bits per heavy atom. The van der Waals surface area contributed by atoms with Crippen LogP contribution in [0.15, 0.2) is 89.9 Å². The highest BCUT2D eigenvalue weighted by atomic mass is 35.5. The first kappa shape index (κ1) is 34.2. The fraction of sp³-hybridized carbons (Fsp3) is 0.375. The van der Waals surface area contributed by atoms with Crippen molar-refractivity contribution in [2.45, 2.75) is 97.1 Å². The number of benzene rings is 4. The summed E-state index contributed by atoms with van der Waals surface area (Å²) >= 11 is 7.05. The second-order valence-electron chi connectivity index (χ2n) is 14.5. The highest BCUT2D eigenvalue weighted by molar-refractivity contribution is 6.90. The van der Waals surface area contributed by atoms with Crippen LogP contribution in [0, 0.1) is 11.5 Å². The monoisotopic (exact) mass is 647 g/mol. The Morgan fingerprint density at radius 3 is 1.72 bits per heavy atom. The molecule has 1 saturated heterocycles. The van der Waals surface area contributed by atoms with Gasteiger partial charge in [-0.25, -0.2) is 4.99 Å². The molecular weight excluding hydrogens is 601 g/mol. The standard InChI is InChI=1S/C40H47BClNO2Si/c1-27(2)46(28(3)4,29(5)6)24-23-34-36(42)22-21-32-25-33(26-35(37(32)34)41-44-39(7,8)40(9,10)45-41)43-38(30-17-13-11-14-18-30)31-19-15-12-16-20-31/h11-22,25-29H,1-10H3. The molecule has 1 aliphatic heterocycles. The lowest BCUT2D eigenvalue weighted by molar-refractivity contribution is 0.00578. The van der Waals surface area contributed by atoms with E-state index in [0.29, 0.717) is 21.6 Å². The average molecular weight is 648 g/mol. The molecule has 0 saturated carbocycles. The topological polar surface area (TPSA) is 30.8 Å². The number of fused-ring (bicyclic) bond motifs is 1. The van der Waals surface area contributed by atoms with E-state index in [2.05, 4.69) is 123 Å². The van der Waals surface area contributed by atoms with Crippen molar-refractivity contribution in [1.82, 2.24) is 0 Å². The highest BCUT2D eigenvalue weighted by Crippen LogP contribution is 2.42. The van der Waals surface area contributed by atoms with Crippen LogP contribution < -0.4 is 5.46 Å². The fourth-order valence-electron chi connectivity index (χ4n) is 7.02. The van der Waals surface area contributed by atoms with Crippen molar-refractivity contribution >= 4 is 54.4 Å². The summed E-state index contributed by atoms with van der Waals surface area (Å²) in [5.74, 6) is 3.69. The van der Waals surface area contributed by atoms with Gasteiger partial charge in [0.15, 0.2) is 0 Å². The van der Waals surface area contributed by atoms with Gasteiger partial charge in [-0.1, -0.05) is 126 Å². The molecule has 0 aliphatic carbocycles. The SMILES string of the molecule is CC(C)[Si](C#Cc1c(Cl)ccc2cc(N=C(c3ccccc3)c3ccccc3)cc(B3OC(C)(C)C(C)(C)O3)c12)(C(C)C)C(C)C. The summed E-state index contributed by atoms with van der Waals surface area (Å²) in [6.45, 7) is 22.4. The summed E-state index contributed by atoms with van der Waals surface area (Å²) in [6, 6.07) is 28.9. The number of halogens is 1. The molecule has 0 amide bonds. The van der Waals surface area contributed by atoms with Crippen LogP contribution in [-0.4, -0.2) is 32.1 Å². The van der Waals surface area contributed by atoms with Gasteiger partial charge in [0, 0.05) is 11.1 Å². The molecule has 238 valence electrons. The lowest BCUT2D eigenvalue weighted by Gasteiger charge is -2.38. The number of hydrogen-bond acceptors (Lipinski definition) is 3. The van der Waals surface area contributed by atoms with Crippen LogP contribution in [-0.2, 0) is 9.31 Å². The van der Waals surface area contributed by atoms with Crippen molar-refractivity contribution in [3.8, 4) is 11.5 Å². The summed E-state index contributed by atoms with van der Waals surface area (Å²) in [6.07, 6.45) is 0. The first-order valence-electron chi connectivity index (χ1n) is 16.5. The highest BCUT2D eigenvalue weighted by Gasteiger charge is 2.52. The minimum Gasteiger partial charge on any atom is -0.399 e. The van der Waals surface area contributed by atoms with Crippen molar-refractivity contribution in [3.05, 3.63) is 107 Å². The summed E-state index contributed by atoms with van der Waals surface area (Å²) in [5, 5.41) is 2.62. The van der Waals surface area contributed by atoms with Gasteiger partial charge in [-0.3, -0.25) is 0 Å². The molecule has 0 N–H and O–H groups in total. The molecule has 6 heteroatoms. The second-order valence-corrected chi connectivity index (χ2v) is 20.5. The minimum atomic E-state index is -2.03. The van der Waals surface area contributed by atoms with E-state index in [1.54, 1.807) is 0 Å². The van der Waals surface area contributed by atoms with E-state index in [9.17, 15) is 0 Å². The molecule has 0 atom stereocenters. The van der Waals surface area contributed by atoms with Gasteiger partial charge in [-0.2, -0.15) is 0 Å². The normalized spacial score (nSPS) is 15.8. The van der Waals surface area contributed by atoms with Crippen molar-refractivity contribution < 1.29 is 9.31 Å². The van der Waals surface area contributed by atoms with Crippen molar-refractivity contribution in [2.75, 3.05) is 0 Å². The number of hydrogen-bond donors (Lipinski definition) is 0. The number of aliphatic imine (C=N–C) groups is 1. The molecule has 5 rings (SSSR count). The van der Waals surface area contributed by atoms with E-state index in [1.807, 2.05) is 42.5 Å². The molecule has 0 unspecified atom stereocenters. The molecule has 4 aromatic rings. The summed E-state index contributed by atoms with van der Waals surface area (Å²) in [7, 11) is -2.64. The zero-order valence-corrected chi connectivity index (χ0v) is 30.8. The van der Waals surface area contributed by atoms with E-state index < -0.39 is 26.4 Å². The molecule has 0 spiro atoms. The lowest BCUT2D eigenvalue weighted by Crippen LogP contribution is -2.43. The second kappa shape index (κ2) is 13.2. The average Bonchev–Trinajstić information content (AvgIpc) is 3.23. The Bertz CT molecular complexity index is 1720. The molecule has 0 radical (unpaired) electrons. The first-order valence-corrected chi connectivity index (χ1v) is 19.1.